The van der Waals surface area contributed by atoms with Crippen LogP contribution in [-0.4, -0.2) is 54.2 Å². The number of likely N-dealkylation sites (tertiary alicyclic amines) is 1. The molecule has 1 aromatic carbocycles. The summed E-state index contributed by atoms with van der Waals surface area (Å²) in [6.45, 7) is 10.9. The van der Waals surface area contributed by atoms with E-state index in [0.29, 0.717) is 24.4 Å². The largest absolute Gasteiger partial charge is 0.443 e. The lowest BCUT2D eigenvalue weighted by molar-refractivity contribution is 0.0327. The fraction of sp³-hybridized carbons (Fsp3) is 0.577. The first-order chi connectivity index (χ1) is 14.7. The van der Waals surface area contributed by atoms with Crippen LogP contribution in [0, 0.1) is 11.8 Å². The van der Waals surface area contributed by atoms with Gasteiger partial charge in [-0.25, -0.2) is 4.79 Å². The molecule has 168 valence electrons. The van der Waals surface area contributed by atoms with E-state index in [1.165, 1.54) is 31.5 Å². The number of benzene rings is 1. The van der Waals surface area contributed by atoms with Gasteiger partial charge in [0.05, 0.1) is 5.70 Å². The molecule has 1 unspecified atom stereocenters. The van der Waals surface area contributed by atoms with Gasteiger partial charge in [-0.1, -0.05) is 37.3 Å². The maximum absolute atomic E-state index is 12.9. The minimum atomic E-state index is -0.508. The molecule has 5 heteroatoms. The molecule has 3 heterocycles. The molecule has 3 aliphatic rings. The quantitative estimate of drug-likeness (QED) is 0.687. The van der Waals surface area contributed by atoms with Crippen molar-refractivity contribution in [3.8, 4) is 0 Å². The smallest absolute Gasteiger partial charge is 0.414 e. The molecule has 0 saturated carbocycles. The summed E-state index contributed by atoms with van der Waals surface area (Å²) in [7, 11) is 2.21. The van der Waals surface area contributed by atoms with Crippen LogP contribution in [0.15, 0.2) is 30.4 Å². The van der Waals surface area contributed by atoms with Crippen LogP contribution in [-0.2, 0) is 4.74 Å². The average molecular weight is 424 g/mol. The standard InChI is InChI=1S/C26H37N3O2/c1-18-6-11-24(29(17-18)25(30)31-26(2,3)4)21-8-7-19-9-10-22(27-23(19)16-21)20-12-14-28(5)15-13-20/h7-11,16,18,20,22,27H,6,12-15,17H2,1-5H3/t18-,22?/m0/s1. The Hall–Kier alpha value is -2.27. The van der Waals surface area contributed by atoms with E-state index in [2.05, 4.69) is 60.6 Å². The number of hydrogen-bond donors (Lipinski definition) is 1. The summed E-state index contributed by atoms with van der Waals surface area (Å²) in [6, 6.07) is 6.87. The molecule has 0 spiro atoms. The fourth-order valence-electron chi connectivity index (χ4n) is 4.75. The molecule has 2 atom stereocenters. The number of anilines is 1. The van der Waals surface area contributed by atoms with Gasteiger partial charge in [0.25, 0.3) is 0 Å². The second-order valence-electron chi connectivity index (χ2n) is 10.5. The zero-order chi connectivity index (χ0) is 22.2. The van der Waals surface area contributed by atoms with Crippen molar-refractivity contribution >= 4 is 23.6 Å². The van der Waals surface area contributed by atoms with E-state index in [0.717, 1.165) is 23.4 Å². The third-order valence-electron chi connectivity index (χ3n) is 6.54. The molecular weight excluding hydrogens is 386 g/mol. The zero-order valence-corrected chi connectivity index (χ0v) is 19.6. The molecule has 3 aliphatic heterocycles. The number of fused-ring (bicyclic) bond motifs is 1. The summed E-state index contributed by atoms with van der Waals surface area (Å²) in [4.78, 5) is 17.2. The highest BCUT2D eigenvalue weighted by Crippen LogP contribution is 2.35. The Bertz CT molecular complexity index is 875. The molecule has 0 aliphatic carbocycles. The highest BCUT2D eigenvalue weighted by Gasteiger charge is 2.30. The van der Waals surface area contributed by atoms with E-state index in [1.807, 2.05) is 25.7 Å². The molecule has 0 bridgehead atoms. The Morgan fingerprint density at radius 3 is 2.65 bits per heavy atom. The van der Waals surface area contributed by atoms with Crippen molar-refractivity contribution in [1.82, 2.24) is 9.80 Å². The van der Waals surface area contributed by atoms with Crippen molar-refractivity contribution in [3.63, 3.8) is 0 Å². The van der Waals surface area contributed by atoms with Gasteiger partial charge in [0.1, 0.15) is 5.60 Å². The van der Waals surface area contributed by atoms with E-state index in [1.54, 1.807) is 0 Å². The summed E-state index contributed by atoms with van der Waals surface area (Å²) < 4.78 is 5.71. The Kier molecular flexibility index (Phi) is 6.16. The van der Waals surface area contributed by atoms with E-state index in [-0.39, 0.29) is 6.09 Å². The van der Waals surface area contributed by atoms with Crippen molar-refractivity contribution in [2.75, 3.05) is 32.0 Å². The van der Waals surface area contributed by atoms with Gasteiger partial charge in [0.2, 0.25) is 0 Å². The molecule has 0 radical (unpaired) electrons. The van der Waals surface area contributed by atoms with Crippen LogP contribution in [0.4, 0.5) is 10.5 Å². The number of ether oxygens (including phenoxy) is 1. The molecule has 1 N–H and O–H groups in total. The van der Waals surface area contributed by atoms with Crippen molar-refractivity contribution < 1.29 is 9.53 Å². The average Bonchev–Trinajstić information content (AvgIpc) is 2.72. The van der Waals surface area contributed by atoms with E-state index >= 15 is 0 Å². The molecular formula is C26H37N3O2. The summed E-state index contributed by atoms with van der Waals surface area (Å²) in [5.74, 6) is 1.08. The minimum absolute atomic E-state index is 0.264. The summed E-state index contributed by atoms with van der Waals surface area (Å²) in [6.07, 6.45) is 9.92. The molecule has 31 heavy (non-hydrogen) atoms. The van der Waals surface area contributed by atoms with Gasteiger partial charge in [0, 0.05) is 23.8 Å². The highest BCUT2D eigenvalue weighted by molar-refractivity contribution is 5.85. The Morgan fingerprint density at radius 2 is 1.94 bits per heavy atom. The zero-order valence-electron chi connectivity index (χ0n) is 19.6. The topological polar surface area (TPSA) is 44.8 Å². The van der Waals surface area contributed by atoms with Crippen molar-refractivity contribution in [1.29, 1.82) is 0 Å². The molecule has 1 aromatic rings. The Balaban J connectivity index is 1.56. The lowest BCUT2D eigenvalue weighted by Crippen LogP contribution is -2.40. The summed E-state index contributed by atoms with van der Waals surface area (Å²) in [5.41, 5.74) is 3.89. The van der Waals surface area contributed by atoms with E-state index in [4.69, 9.17) is 4.74 Å². The van der Waals surface area contributed by atoms with Crippen LogP contribution in [0.2, 0.25) is 0 Å². The Labute approximate surface area is 187 Å². The monoisotopic (exact) mass is 423 g/mol. The van der Waals surface area contributed by atoms with Crippen LogP contribution in [0.1, 0.15) is 58.1 Å². The molecule has 1 amide bonds. The molecule has 0 aromatic heterocycles. The number of nitrogens with zero attached hydrogens (tertiary/aromatic N) is 2. The number of hydrogen-bond acceptors (Lipinski definition) is 4. The maximum atomic E-state index is 12.9. The van der Waals surface area contributed by atoms with Crippen molar-refractivity contribution in [2.45, 2.75) is 58.6 Å². The van der Waals surface area contributed by atoms with E-state index < -0.39 is 5.60 Å². The predicted octanol–water partition coefficient (Wildman–Crippen LogP) is 5.45. The second-order valence-corrected chi connectivity index (χ2v) is 10.5. The van der Waals surface area contributed by atoms with Crippen LogP contribution in [0.25, 0.3) is 11.8 Å². The van der Waals surface area contributed by atoms with Gasteiger partial charge < -0.3 is 15.0 Å². The second kappa shape index (κ2) is 8.70. The third-order valence-corrected chi connectivity index (χ3v) is 6.54. The number of allylic oxidation sites excluding steroid dienone is 1. The summed E-state index contributed by atoms with van der Waals surface area (Å²) >= 11 is 0. The Morgan fingerprint density at radius 1 is 1.19 bits per heavy atom. The number of piperidine rings is 1. The number of carbonyl (C=O) groups is 1. The molecule has 1 fully saturated rings. The minimum Gasteiger partial charge on any atom is -0.443 e. The number of carbonyl (C=O) groups excluding carboxylic acids is 1. The fourth-order valence-corrected chi connectivity index (χ4v) is 4.75. The highest BCUT2D eigenvalue weighted by atomic mass is 16.6. The first-order valence-electron chi connectivity index (χ1n) is 11.7. The van der Waals surface area contributed by atoms with Crippen molar-refractivity contribution in [2.24, 2.45) is 11.8 Å². The van der Waals surface area contributed by atoms with Gasteiger partial charge in [-0.3, -0.25) is 4.90 Å². The van der Waals surface area contributed by atoms with Gasteiger partial charge >= 0.3 is 6.09 Å². The van der Waals surface area contributed by atoms with Gasteiger partial charge in [0.15, 0.2) is 0 Å². The maximum Gasteiger partial charge on any atom is 0.414 e. The van der Waals surface area contributed by atoms with Crippen LogP contribution < -0.4 is 5.32 Å². The number of amides is 1. The van der Waals surface area contributed by atoms with Crippen LogP contribution >= 0.6 is 0 Å². The van der Waals surface area contributed by atoms with Crippen molar-refractivity contribution in [3.05, 3.63) is 41.5 Å². The number of rotatable bonds is 2. The summed E-state index contributed by atoms with van der Waals surface area (Å²) in [5, 5.41) is 3.78. The predicted molar refractivity (Wildman–Crippen MR) is 128 cm³/mol. The lowest BCUT2D eigenvalue weighted by Gasteiger charge is -2.36. The van der Waals surface area contributed by atoms with Gasteiger partial charge in [-0.2, -0.15) is 0 Å². The first kappa shape index (κ1) is 21.9. The normalized spacial score (nSPS) is 24.9. The molecule has 5 nitrogen and oxygen atoms in total. The SMILES string of the molecule is C[C@H]1CC=C(c2ccc3c(c2)NC(C2CCN(C)CC2)C=C3)N(C(=O)OC(C)(C)C)C1. The first-order valence-corrected chi connectivity index (χ1v) is 11.7. The van der Waals surface area contributed by atoms with E-state index in [9.17, 15) is 4.79 Å². The van der Waals surface area contributed by atoms with Gasteiger partial charge in [-0.05, 0) is 83.6 Å². The van der Waals surface area contributed by atoms with Crippen LogP contribution in [0.5, 0.6) is 0 Å². The number of nitrogens with one attached hydrogen (secondary N) is 1. The molecule has 4 rings (SSSR count). The molecule has 1 saturated heterocycles. The third kappa shape index (κ3) is 5.15. The van der Waals surface area contributed by atoms with Gasteiger partial charge in [-0.15, -0.1) is 0 Å². The lowest BCUT2D eigenvalue weighted by atomic mass is 9.87. The van der Waals surface area contributed by atoms with Crippen LogP contribution in [0.3, 0.4) is 0 Å².